The smallest absolute Gasteiger partial charge is 0.337 e. The molecule has 5 aromatic carbocycles. The molecular weight excluding hydrogens is 572 g/mol. The zero-order valence-electron chi connectivity index (χ0n) is 23.9. The van der Waals surface area contributed by atoms with E-state index in [-0.39, 0.29) is 17.4 Å². The molecule has 1 aliphatic carbocycles. The zero-order chi connectivity index (χ0) is 30.3. The van der Waals surface area contributed by atoms with E-state index < -0.39 is 11.9 Å². The Kier molecular flexibility index (Phi) is 9.10. The number of benzene rings is 5. The molecule has 8 heteroatoms. The summed E-state index contributed by atoms with van der Waals surface area (Å²) >= 11 is 1.70. The number of hydrogen-bond donors (Lipinski definition) is 3. The molecule has 0 unspecified atom stereocenters. The van der Waals surface area contributed by atoms with E-state index in [1.165, 1.54) is 11.0 Å². The van der Waals surface area contributed by atoms with E-state index in [0.29, 0.717) is 23.1 Å². The summed E-state index contributed by atoms with van der Waals surface area (Å²) in [4.78, 5) is 25.3. The first-order valence-electron chi connectivity index (χ1n) is 14.6. The van der Waals surface area contributed by atoms with Crippen molar-refractivity contribution in [2.75, 3.05) is 5.32 Å². The number of carboxylic acid groups (broad SMARTS) is 1. The third kappa shape index (κ3) is 7.40. The van der Waals surface area contributed by atoms with Crippen LogP contribution in [0.4, 0.5) is 5.69 Å². The maximum Gasteiger partial charge on any atom is 0.337 e. The highest BCUT2D eigenvalue weighted by molar-refractivity contribution is 7.97. The molecule has 0 spiro atoms. The van der Waals surface area contributed by atoms with Crippen molar-refractivity contribution < 1.29 is 24.2 Å². The Morgan fingerprint density at radius 2 is 1.34 bits per heavy atom. The molecule has 0 aromatic heterocycles. The Labute approximate surface area is 260 Å². The molecule has 44 heavy (non-hydrogen) atoms. The maximum atomic E-state index is 12.7. The van der Waals surface area contributed by atoms with Crippen LogP contribution in [0.25, 0.3) is 10.8 Å². The lowest BCUT2D eigenvalue weighted by molar-refractivity contribution is 0.0698. The van der Waals surface area contributed by atoms with E-state index in [9.17, 15) is 14.7 Å². The standard InChI is InChI=1S/C36H32N2O5S/c39-35(37-34-9-5-4-8-33(34)36(40)41)24-10-16-28(17-11-24)42-30-18-12-26-23-31(19-13-25(26)22-30)43-29-20-14-27(15-21-29)38-44-32-6-2-1-3-7-32/h1-13,16-19,22-23,27,29,38H,14-15,20-21H2,(H,37,39)(H,40,41). The predicted molar refractivity (Wildman–Crippen MR) is 174 cm³/mol. The molecule has 1 aliphatic rings. The second-order valence-corrected chi connectivity index (χ2v) is 11.6. The monoisotopic (exact) mass is 604 g/mol. The molecule has 5 aromatic rings. The van der Waals surface area contributed by atoms with Gasteiger partial charge in [-0.15, -0.1) is 0 Å². The van der Waals surface area contributed by atoms with Gasteiger partial charge in [-0.25, -0.2) is 4.79 Å². The lowest BCUT2D eigenvalue weighted by Crippen LogP contribution is -2.33. The number of anilines is 1. The zero-order valence-corrected chi connectivity index (χ0v) is 24.8. The van der Waals surface area contributed by atoms with Crippen LogP contribution in [0.3, 0.4) is 0 Å². The summed E-state index contributed by atoms with van der Waals surface area (Å²) in [5.41, 5.74) is 0.665. The Balaban J connectivity index is 1.01. The van der Waals surface area contributed by atoms with Gasteiger partial charge in [0.15, 0.2) is 0 Å². The van der Waals surface area contributed by atoms with Crippen LogP contribution in [-0.4, -0.2) is 29.1 Å². The predicted octanol–water partition coefficient (Wildman–Crippen LogP) is 8.57. The number of rotatable bonds is 10. The van der Waals surface area contributed by atoms with E-state index in [1.54, 1.807) is 54.4 Å². The van der Waals surface area contributed by atoms with Gasteiger partial charge in [-0.3, -0.25) is 9.52 Å². The van der Waals surface area contributed by atoms with Gasteiger partial charge in [-0.1, -0.05) is 42.5 Å². The molecule has 1 saturated carbocycles. The summed E-state index contributed by atoms with van der Waals surface area (Å²) in [6, 6.07) is 35.9. The molecule has 0 aliphatic heterocycles. The normalized spacial score (nSPS) is 16.3. The summed E-state index contributed by atoms with van der Waals surface area (Å²) in [6.07, 6.45) is 4.43. The summed E-state index contributed by atoms with van der Waals surface area (Å²) in [5, 5.41) is 14.1. The maximum absolute atomic E-state index is 12.7. The number of fused-ring (bicyclic) bond motifs is 1. The van der Waals surface area contributed by atoms with Crippen molar-refractivity contribution in [3.8, 4) is 17.2 Å². The minimum atomic E-state index is -1.10. The van der Waals surface area contributed by atoms with Gasteiger partial charge in [-0.2, -0.15) is 0 Å². The number of nitrogens with one attached hydrogen (secondary N) is 2. The molecule has 1 fully saturated rings. The third-order valence-corrected chi connectivity index (χ3v) is 8.56. The first-order valence-corrected chi connectivity index (χ1v) is 15.4. The van der Waals surface area contributed by atoms with Crippen molar-refractivity contribution in [1.82, 2.24) is 4.72 Å². The van der Waals surface area contributed by atoms with Crippen LogP contribution in [0, 0.1) is 0 Å². The quantitative estimate of drug-likeness (QED) is 0.137. The van der Waals surface area contributed by atoms with E-state index in [0.717, 1.165) is 42.2 Å². The fraction of sp³-hybridized carbons (Fsp3) is 0.167. The molecule has 3 N–H and O–H groups in total. The van der Waals surface area contributed by atoms with E-state index in [1.807, 2.05) is 36.4 Å². The molecule has 222 valence electrons. The van der Waals surface area contributed by atoms with Gasteiger partial charge >= 0.3 is 5.97 Å². The molecule has 6 rings (SSSR count). The summed E-state index contributed by atoms with van der Waals surface area (Å²) in [5.74, 6) is 0.632. The number of carboxylic acids is 1. The molecule has 0 heterocycles. The molecule has 7 nitrogen and oxygen atoms in total. The molecule has 0 radical (unpaired) electrons. The average Bonchev–Trinajstić information content (AvgIpc) is 3.05. The number of amides is 1. The number of para-hydroxylation sites is 1. The van der Waals surface area contributed by atoms with Crippen molar-refractivity contribution >= 4 is 40.3 Å². The number of hydrogen-bond acceptors (Lipinski definition) is 6. The summed E-state index contributed by atoms with van der Waals surface area (Å²) in [7, 11) is 0. The topological polar surface area (TPSA) is 96.9 Å². The Bertz CT molecular complexity index is 1750. The average molecular weight is 605 g/mol. The van der Waals surface area contributed by atoms with E-state index in [4.69, 9.17) is 9.47 Å². The molecular formula is C36H32N2O5S. The van der Waals surface area contributed by atoms with Crippen LogP contribution >= 0.6 is 11.9 Å². The van der Waals surface area contributed by atoms with E-state index in [2.05, 4.69) is 40.4 Å². The lowest BCUT2D eigenvalue weighted by Gasteiger charge is -2.29. The van der Waals surface area contributed by atoms with Crippen molar-refractivity contribution in [2.24, 2.45) is 0 Å². The van der Waals surface area contributed by atoms with E-state index >= 15 is 0 Å². The molecule has 0 bridgehead atoms. The highest BCUT2D eigenvalue weighted by Gasteiger charge is 2.22. The largest absolute Gasteiger partial charge is 0.490 e. The Hall–Kier alpha value is -4.79. The van der Waals surface area contributed by atoms with Crippen LogP contribution in [0.2, 0.25) is 0 Å². The summed E-state index contributed by atoms with van der Waals surface area (Å²) < 4.78 is 16.0. The first kappa shape index (κ1) is 29.3. The second-order valence-electron chi connectivity index (χ2n) is 10.7. The minimum absolute atomic E-state index is 0.0323. The van der Waals surface area contributed by atoms with Gasteiger partial charge in [0, 0.05) is 16.5 Å². The van der Waals surface area contributed by atoms with Gasteiger partial charge in [0.1, 0.15) is 17.2 Å². The third-order valence-electron chi connectivity index (χ3n) is 7.60. The van der Waals surface area contributed by atoms with Crippen molar-refractivity contribution in [3.63, 3.8) is 0 Å². The second kappa shape index (κ2) is 13.7. The van der Waals surface area contributed by atoms with Gasteiger partial charge < -0.3 is 19.9 Å². The Morgan fingerprint density at radius 3 is 2.07 bits per heavy atom. The lowest BCUT2D eigenvalue weighted by atomic mass is 9.93. The van der Waals surface area contributed by atoms with Crippen molar-refractivity contribution in [3.05, 3.63) is 126 Å². The first-order chi connectivity index (χ1) is 21.5. The fourth-order valence-corrected chi connectivity index (χ4v) is 6.08. The number of ether oxygens (including phenoxy) is 2. The molecule has 0 saturated heterocycles. The highest BCUT2D eigenvalue weighted by atomic mass is 32.2. The van der Waals surface area contributed by atoms with Crippen LogP contribution < -0.4 is 19.5 Å². The van der Waals surface area contributed by atoms with Crippen LogP contribution in [0.15, 0.2) is 120 Å². The van der Waals surface area contributed by atoms with Crippen LogP contribution in [-0.2, 0) is 0 Å². The number of carbonyl (C=O) groups excluding carboxylic acids is 1. The van der Waals surface area contributed by atoms with Crippen molar-refractivity contribution in [2.45, 2.75) is 42.7 Å². The highest BCUT2D eigenvalue weighted by Crippen LogP contribution is 2.31. The molecule has 1 amide bonds. The molecule has 0 atom stereocenters. The van der Waals surface area contributed by atoms with Gasteiger partial charge in [0.2, 0.25) is 0 Å². The SMILES string of the molecule is O=C(Nc1ccccc1C(=O)O)c1ccc(Oc2ccc3cc(OC4CCC(NSc5ccccc5)CC4)ccc3c2)cc1. The fourth-order valence-electron chi connectivity index (χ4n) is 5.25. The van der Waals surface area contributed by atoms with Gasteiger partial charge in [0.05, 0.1) is 17.4 Å². The van der Waals surface area contributed by atoms with Crippen molar-refractivity contribution in [1.29, 1.82) is 0 Å². The van der Waals surface area contributed by atoms with Crippen LogP contribution in [0.1, 0.15) is 46.4 Å². The summed E-state index contributed by atoms with van der Waals surface area (Å²) in [6.45, 7) is 0. The number of aromatic carboxylic acids is 1. The van der Waals surface area contributed by atoms with Crippen LogP contribution in [0.5, 0.6) is 17.2 Å². The van der Waals surface area contributed by atoms with Gasteiger partial charge in [-0.05, 0) is 121 Å². The minimum Gasteiger partial charge on any atom is -0.490 e. The number of carbonyl (C=O) groups is 2. The Morgan fingerprint density at radius 1 is 0.705 bits per heavy atom. The van der Waals surface area contributed by atoms with Gasteiger partial charge in [0.25, 0.3) is 5.91 Å².